The Labute approximate surface area is 174 Å². The Morgan fingerprint density at radius 1 is 1.07 bits per heavy atom. The van der Waals surface area contributed by atoms with Gasteiger partial charge in [0.25, 0.3) is 0 Å². The standard InChI is InChI=1S/C24H40O5/c1-13(4-7-21(28)29)16-5-6-17-22-18(12-20(27)24(16,17)3)23(2)9-8-15(25)10-14(23)11-19(22)26/h13-20,22,25-27H,4-12H2,1-3H3,(H,28,29)/p-1/t13-,14-,15+,16-,17+,18+,19-,20+,22+,23+,24-/m1/s1. The van der Waals surface area contributed by atoms with Crippen LogP contribution in [0.3, 0.4) is 0 Å². The molecule has 0 aromatic carbocycles. The van der Waals surface area contributed by atoms with Gasteiger partial charge in [-0.15, -0.1) is 0 Å². The van der Waals surface area contributed by atoms with Crippen LogP contribution in [0.25, 0.3) is 0 Å². The highest BCUT2D eigenvalue weighted by atomic mass is 16.4. The van der Waals surface area contributed by atoms with E-state index in [2.05, 4.69) is 20.8 Å². The molecule has 0 heterocycles. The normalized spacial score (nSPS) is 52.9. The van der Waals surface area contributed by atoms with Crippen molar-refractivity contribution in [2.24, 2.45) is 46.3 Å². The van der Waals surface area contributed by atoms with E-state index >= 15 is 0 Å². The number of aliphatic hydroxyl groups excluding tert-OH is 3. The van der Waals surface area contributed by atoms with Crippen LogP contribution in [0.4, 0.5) is 0 Å². The van der Waals surface area contributed by atoms with Crippen LogP contribution in [0.15, 0.2) is 0 Å². The van der Waals surface area contributed by atoms with Gasteiger partial charge in [0.1, 0.15) is 0 Å². The first kappa shape index (κ1) is 21.6. The number of aliphatic hydroxyl groups is 3. The topological polar surface area (TPSA) is 101 Å². The molecule has 0 radical (unpaired) electrons. The average molecular weight is 408 g/mol. The molecule has 4 aliphatic carbocycles. The summed E-state index contributed by atoms with van der Waals surface area (Å²) in [5, 5.41) is 43.9. The molecular formula is C24H39O5-. The number of carbonyl (C=O) groups excluding carboxylic acids is 1. The lowest BCUT2D eigenvalue weighted by Gasteiger charge is -2.63. The lowest BCUT2D eigenvalue weighted by molar-refractivity contribution is -0.306. The second-order valence-corrected chi connectivity index (χ2v) is 11.4. The van der Waals surface area contributed by atoms with E-state index in [0.29, 0.717) is 18.3 Å². The molecule has 0 aliphatic heterocycles. The maximum Gasteiger partial charge on any atom is 0.0602 e. The van der Waals surface area contributed by atoms with Gasteiger partial charge in [-0.25, -0.2) is 0 Å². The van der Waals surface area contributed by atoms with Crippen LogP contribution in [-0.4, -0.2) is 39.6 Å². The van der Waals surface area contributed by atoms with Crippen LogP contribution < -0.4 is 5.11 Å². The number of fused-ring (bicyclic) bond motifs is 5. The van der Waals surface area contributed by atoms with E-state index in [9.17, 15) is 25.2 Å². The lowest BCUT2D eigenvalue weighted by Crippen LogP contribution is -2.62. The zero-order valence-electron chi connectivity index (χ0n) is 18.2. The van der Waals surface area contributed by atoms with Crippen molar-refractivity contribution in [1.82, 2.24) is 0 Å². The minimum absolute atomic E-state index is 0.0747. The number of carbonyl (C=O) groups is 1. The van der Waals surface area contributed by atoms with Gasteiger partial charge in [-0.05, 0) is 104 Å². The fraction of sp³-hybridized carbons (Fsp3) is 0.958. The molecule has 0 amide bonds. The van der Waals surface area contributed by atoms with Crippen molar-refractivity contribution in [2.45, 2.75) is 96.9 Å². The summed E-state index contributed by atoms with van der Waals surface area (Å²) in [6.07, 6.45) is 5.72. The monoisotopic (exact) mass is 407 g/mol. The number of rotatable bonds is 4. The zero-order valence-corrected chi connectivity index (χ0v) is 18.2. The third-order valence-corrected chi connectivity index (χ3v) is 10.3. The number of carboxylic acid groups (broad SMARTS) is 1. The van der Waals surface area contributed by atoms with Gasteiger partial charge in [-0.1, -0.05) is 20.8 Å². The quantitative estimate of drug-likeness (QED) is 0.663. The third kappa shape index (κ3) is 3.27. The largest absolute Gasteiger partial charge is 0.550 e. The van der Waals surface area contributed by atoms with Crippen molar-refractivity contribution in [3.63, 3.8) is 0 Å². The van der Waals surface area contributed by atoms with Crippen LogP contribution in [0.1, 0.15) is 78.6 Å². The SMILES string of the molecule is C[C@H](CCC(=O)[O-])[C@H]1CC[C@H]2[C@@H]3[C@H](O)C[C@H]4C[C@@H](O)CC[C@]4(C)[C@H]3C[C@H](O)[C@]12C. The Hall–Kier alpha value is -0.650. The maximum absolute atomic E-state index is 11.5. The van der Waals surface area contributed by atoms with E-state index in [1.54, 1.807) is 0 Å². The highest BCUT2D eigenvalue weighted by Gasteiger charge is 2.65. The van der Waals surface area contributed by atoms with Gasteiger partial charge in [0.2, 0.25) is 0 Å². The minimum atomic E-state index is -0.998. The lowest BCUT2D eigenvalue weighted by atomic mass is 9.43. The summed E-state index contributed by atoms with van der Waals surface area (Å²) in [7, 11) is 0. The molecule has 4 aliphatic rings. The summed E-state index contributed by atoms with van der Waals surface area (Å²) < 4.78 is 0. The molecule has 5 nitrogen and oxygen atoms in total. The number of hydrogen-bond donors (Lipinski definition) is 3. The van der Waals surface area contributed by atoms with E-state index in [1.165, 1.54) is 0 Å². The molecule has 11 atom stereocenters. The van der Waals surface area contributed by atoms with Crippen LogP contribution in [0.5, 0.6) is 0 Å². The Kier molecular flexibility index (Phi) is 5.57. The van der Waals surface area contributed by atoms with E-state index < -0.39 is 12.1 Å². The molecule has 0 unspecified atom stereocenters. The summed E-state index contributed by atoms with van der Waals surface area (Å²) in [6.45, 7) is 6.67. The smallest absolute Gasteiger partial charge is 0.0602 e. The van der Waals surface area contributed by atoms with E-state index in [1.807, 2.05) is 0 Å². The molecule has 4 fully saturated rings. The Morgan fingerprint density at radius 3 is 2.48 bits per heavy atom. The number of carboxylic acids is 1. The van der Waals surface area contributed by atoms with E-state index in [4.69, 9.17) is 0 Å². The number of aliphatic carboxylic acids is 1. The fourth-order valence-corrected chi connectivity index (χ4v) is 8.68. The minimum Gasteiger partial charge on any atom is -0.550 e. The van der Waals surface area contributed by atoms with Crippen LogP contribution in [0.2, 0.25) is 0 Å². The molecule has 4 saturated carbocycles. The van der Waals surface area contributed by atoms with Crippen molar-refractivity contribution >= 4 is 5.97 Å². The average Bonchev–Trinajstić information content (AvgIpc) is 3.01. The van der Waals surface area contributed by atoms with Gasteiger partial charge in [0.15, 0.2) is 0 Å². The molecule has 0 bridgehead atoms. The van der Waals surface area contributed by atoms with Gasteiger partial charge in [-0.3, -0.25) is 0 Å². The van der Waals surface area contributed by atoms with Crippen LogP contribution in [-0.2, 0) is 4.79 Å². The second kappa shape index (κ2) is 7.49. The summed E-state index contributed by atoms with van der Waals surface area (Å²) in [6, 6.07) is 0. The predicted octanol–water partition coefficient (Wildman–Crippen LogP) is 2.11. The molecule has 4 rings (SSSR count). The van der Waals surface area contributed by atoms with Crippen molar-refractivity contribution in [3.8, 4) is 0 Å². The molecule has 0 aromatic rings. The van der Waals surface area contributed by atoms with Gasteiger partial charge in [0.05, 0.1) is 18.3 Å². The van der Waals surface area contributed by atoms with Crippen LogP contribution >= 0.6 is 0 Å². The van der Waals surface area contributed by atoms with Gasteiger partial charge in [-0.2, -0.15) is 0 Å². The van der Waals surface area contributed by atoms with Gasteiger partial charge < -0.3 is 25.2 Å². The maximum atomic E-state index is 11.5. The van der Waals surface area contributed by atoms with Crippen molar-refractivity contribution < 1.29 is 25.2 Å². The fourth-order valence-electron chi connectivity index (χ4n) is 8.68. The summed E-state index contributed by atoms with van der Waals surface area (Å²) in [4.78, 5) is 11.0. The van der Waals surface area contributed by atoms with Gasteiger partial charge >= 0.3 is 0 Å². The Bertz CT molecular complexity index is 637. The molecule has 166 valence electrons. The Morgan fingerprint density at radius 2 is 1.79 bits per heavy atom. The predicted molar refractivity (Wildman–Crippen MR) is 107 cm³/mol. The molecule has 3 N–H and O–H groups in total. The Balaban J connectivity index is 1.61. The first-order valence-electron chi connectivity index (χ1n) is 11.8. The van der Waals surface area contributed by atoms with Crippen LogP contribution in [0, 0.1) is 46.3 Å². The van der Waals surface area contributed by atoms with E-state index in [-0.39, 0.29) is 53.1 Å². The molecule has 29 heavy (non-hydrogen) atoms. The summed E-state index contributed by atoms with van der Waals surface area (Å²) >= 11 is 0. The summed E-state index contributed by atoms with van der Waals surface area (Å²) in [5.74, 6) is 0.635. The second-order valence-electron chi connectivity index (χ2n) is 11.4. The molecular weight excluding hydrogens is 368 g/mol. The summed E-state index contributed by atoms with van der Waals surface area (Å²) in [5.41, 5.74) is -0.172. The van der Waals surface area contributed by atoms with E-state index in [0.717, 1.165) is 44.9 Å². The highest BCUT2D eigenvalue weighted by Crippen LogP contribution is 2.68. The molecule has 0 saturated heterocycles. The third-order valence-electron chi connectivity index (χ3n) is 10.3. The molecule has 5 heteroatoms. The zero-order chi connectivity index (χ0) is 21.1. The first-order valence-corrected chi connectivity index (χ1v) is 11.8. The van der Waals surface area contributed by atoms with Crippen molar-refractivity contribution in [3.05, 3.63) is 0 Å². The highest BCUT2D eigenvalue weighted by molar-refractivity contribution is 5.64. The molecule has 0 spiro atoms. The van der Waals surface area contributed by atoms with Crippen molar-refractivity contribution in [2.75, 3.05) is 0 Å². The molecule has 0 aromatic heterocycles. The first-order chi connectivity index (χ1) is 13.6. The number of hydrogen-bond acceptors (Lipinski definition) is 5. The van der Waals surface area contributed by atoms with Crippen molar-refractivity contribution in [1.29, 1.82) is 0 Å². The van der Waals surface area contributed by atoms with Gasteiger partial charge in [0, 0.05) is 5.97 Å².